The lowest BCUT2D eigenvalue weighted by molar-refractivity contribution is 0.148. The topological polar surface area (TPSA) is 59.4 Å². The monoisotopic (exact) mass is 301 g/mol. The number of hydrogen-bond acceptors (Lipinski definition) is 3. The van der Waals surface area contributed by atoms with E-state index in [4.69, 9.17) is 21.8 Å². The third-order valence-corrected chi connectivity index (χ3v) is 4.11. The minimum Gasteiger partial charge on any atom is -0.464 e. The van der Waals surface area contributed by atoms with E-state index in [0.717, 1.165) is 22.1 Å². The summed E-state index contributed by atoms with van der Waals surface area (Å²) < 4.78 is 5.50. The number of fused-ring (bicyclic) bond motifs is 1. The fraction of sp³-hybridized carbons (Fsp3) is 0.176. The first-order valence-electron chi connectivity index (χ1n) is 6.81. The van der Waals surface area contributed by atoms with Crippen molar-refractivity contribution in [1.29, 1.82) is 0 Å². The van der Waals surface area contributed by atoms with Crippen molar-refractivity contribution in [2.24, 2.45) is 5.73 Å². The van der Waals surface area contributed by atoms with Crippen LogP contribution in [0.4, 0.5) is 0 Å². The molecule has 0 bridgehead atoms. The average molecular weight is 302 g/mol. The van der Waals surface area contributed by atoms with E-state index in [0.29, 0.717) is 11.6 Å². The molecule has 0 saturated heterocycles. The van der Waals surface area contributed by atoms with Crippen molar-refractivity contribution in [3.05, 3.63) is 70.9 Å². The molecule has 1 heterocycles. The van der Waals surface area contributed by atoms with Crippen LogP contribution in [0.1, 0.15) is 23.1 Å². The molecule has 2 unspecified atom stereocenters. The van der Waals surface area contributed by atoms with Crippen LogP contribution < -0.4 is 5.73 Å². The number of halogens is 1. The van der Waals surface area contributed by atoms with Gasteiger partial charge in [0.1, 0.15) is 5.58 Å². The molecule has 2 atom stereocenters. The lowest BCUT2D eigenvalue weighted by Crippen LogP contribution is -2.20. The summed E-state index contributed by atoms with van der Waals surface area (Å²) in [6.45, 7) is 0.296. The highest BCUT2D eigenvalue weighted by Gasteiger charge is 2.26. The molecular weight excluding hydrogens is 286 g/mol. The Balaban J connectivity index is 2.03. The third kappa shape index (κ3) is 2.56. The number of rotatable bonds is 4. The van der Waals surface area contributed by atoms with E-state index in [1.54, 1.807) is 12.3 Å². The van der Waals surface area contributed by atoms with E-state index in [1.165, 1.54) is 0 Å². The normalized spacial score (nSPS) is 14.2. The number of aliphatic hydroxyl groups excluding tert-OH is 1. The molecule has 3 aromatic rings. The molecule has 0 saturated carbocycles. The summed E-state index contributed by atoms with van der Waals surface area (Å²) in [6.07, 6.45) is 0.827. The van der Waals surface area contributed by atoms with Crippen LogP contribution in [0.3, 0.4) is 0 Å². The van der Waals surface area contributed by atoms with Crippen molar-refractivity contribution >= 4 is 22.6 Å². The maximum absolute atomic E-state index is 10.7. The number of nitrogens with two attached hydrogens (primary N) is 1. The first-order valence-corrected chi connectivity index (χ1v) is 7.19. The van der Waals surface area contributed by atoms with Crippen LogP contribution in [0.15, 0.2) is 59.2 Å². The van der Waals surface area contributed by atoms with Crippen molar-refractivity contribution in [2.45, 2.75) is 12.0 Å². The lowest BCUT2D eigenvalue weighted by atomic mass is 9.89. The van der Waals surface area contributed by atoms with Gasteiger partial charge in [-0.3, -0.25) is 0 Å². The summed E-state index contributed by atoms with van der Waals surface area (Å²) >= 11 is 6.23. The molecular formula is C17H16ClNO2. The van der Waals surface area contributed by atoms with Gasteiger partial charge in [0.15, 0.2) is 0 Å². The first-order chi connectivity index (χ1) is 10.2. The van der Waals surface area contributed by atoms with Gasteiger partial charge >= 0.3 is 0 Å². The second-order valence-corrected chi connectivity index (χ2v) is 5.40. The first kappa shape index (κ1) is 14.1. The fourth-order valence-corrected chi connectivity index (χ4v) is 2.92. The van der Waals surface area contributed by atoms with E-state index in [-0.39, 0.29) is 5.92 Å². The van der Waals surface area contributed by atoms with E-state index in [9.17, 15) is 5.11 Å². The molecule has 0 amide bonds. The Kier molecular flexibility index (Phi) is 3.97. The molecule has 21 heavy (non-hydrogen) atoms. The van der Waals surface area contributed by atoms with E-state index < -0.39 is 6.10 Å². The SMILES string of the molecule is NCC(c1ccccc1Cl)C(O)c1coc2ccccc12. The zero-order valence-electron chi connectivity index (χ0n) is 11.4. The van der Waals surface area contributed by atoms with E-state index in [2.05, 4.69) is 0 Å². The Bertz CT molecular complexity index is 753. The van der Waals surface area contributed by atoms with Gasteiger partial charge in [-0.15, -0.1) is 0 Å². The van der Waals surface area contributed by atoms with Gasteiger partial charge in [0.05, 0.1) is 12.4 Å². The summed E-state index contributed by atoms with van der Waals surface area (Å²) in [5.74, 6) is -0.278. The fourth-order valence-electron chi connectivity index (χ4n) is 2.65. The maximum Gasteiger partial charge on any atom is 0.134 e. The quantitative estimate of drug-likeness (QED) is 0.769. The number of furan rings is 1. The molecule has 108 valence electrons. The van der Waals surface area contributed by atoms with Crippen LogP contribution in [0.2, 0.25) is 5.02 Å². The lowest BCUT2D eigenvalue weighted by Gasteiger charge is -2.22. The van der Waals surface area contributed by atoms with Crippen LogP contribution >= 0.6 is 11.6 Å². The molecule has 0 radical (unpaired) electrons. The number of benzene rings is 2. The average Bonchev–Trinajstić information content (AvgIpc) is 2.93. The molecule has 0 fully saturated rings. The van der Waals surface area contributed by atoms with Crippen molar-refractivity contribution < 1.29 is 9.52 Å². The zero-order chi connectivity index (χ0) is 14.8. The minimum atomic E-state index is -0.765. The summed E-state index contributed by atoms with van der Waals surface area (Å²) in [6, 6.07) is 15.1. The maximum atomic E-state index is 10.7. The summed E-state index contributed by atoms with van der Waals surface area (Å²) in [7, 11) is 0. The van der Waals surface area contributed by atoms with Crippen LogP contribution in [0, 0.1) is 0 Å². The number of hydrogen-bond donors (Lipinski definition) is 2. The highest BCUT2D eigenvalue weighted by Crippen LogP contribution is 2.37. The highest BCUT2D eigenvalue weighted by molar-refractivity contribution is 6.31. The van der Waals surface area contributed by atoms with Gasteiger partial charge in [-0.1, -0.05) is 48.0 Å². The van der Waals surface area contributed by atoms with Crippen LogP contribution in [-0.4, -0.2) is 11.7 Å². The highest BCUT2D eigenvalue weighted by atomic mass is 35.5. The largest absolute Gasteiger partial charge is 0.464 e. The van der Waals surface area contributed by atoms with Crippen molar-refractivity contribution in [2.75, 3.05) is 6.54 Å². The smallest absolute Gasteiger partial charge is 0.134 e. The Morgan fingerprint density at radius 2 is 1.76 bits per heavy atom. The van der Waals surface area contributed by atoms with Gasteiger partial charge < -0.3 is 15.3 Å². The predicted molar refractivity (Wildman–Crippen MR) is 84.4 cm³/mol. The summed E-state index contributed by atoms with van der Waals surface area (Å²) in [5, 5.41) is 12.3. The Morgan fingerprint density at radius 1 is 1.05 bits per heavy atom. The summed E-state index contributed by atoms with van der Waals surface area (Å²) in [5.41, 5.74) is 8.21. The molecule has 1 aromatic heterocycles. The third-order valence-electron chi connectivity index (χ3n) is 3.77. The van der Waals surface area contributed by atoms with Gasteiger partial charge in [0, 0.05) is 28.4 Å². The minimum absolute atomic E-state index is 0.278. The van der Waals surface area contributed by atoms with Crippen LogP contribution in [0.5, 0.6) is 0 Å². The number of aliphatic hydroxyl groups is 1. The van der Waals surface area contributed by atoms with E-state index in [1.807, 2.05) is 42.5 Å². The van der Waals surface area contributed by atoms with Crippen molar-refractivity contribution in [3.8, 4) is 0 Å². The molecule has 0 aliphatic rings. The second kappa shape index (κ2) is 5.90. The van der Waals surface area contributed by atoms with Crippen molar-refractivity contribution in [1.82, 2.24) is 0 Å². The molecule has 3 N–H and O–H groups in total. The Labute approximate surface area is 127 Å². The summed E-state index contributed by atoms with van der Waals surface area (Å²) in [4.78, 5) is 0. The molecule has 0 aliphatic heterocycles. The molecule has 4 heteroatoms. The van der Waals surface area contributed by atoms with Crippen LogP contribution in [-0.2, 0) is 0 Å². The number of para-hydroxylation sites is 1. The van der Waals surface area contributed by atoms with Crippen molar-refractivity contribution in [3.63, 3.8) is 0 Å². The van der Waals surface area contributed by atoms with E-state index >= 15 is 0 Å². The van der Waals surface area contributed by atoms with Gasteiger partial charge in [-0.2, -0.15) is 0 Å². The second-order valence-electron chi connectivity index (χ2n) is 5.00. The molecule has 2 aromatic carbocycles. The Morgan fingerprint density at radius 3 is 2.52 bits per heavy atom. The standard InChI is InChI=1S/C17H16ClNO2/c18-15-7-3-1-5-11(15)13(9-19)17(20)14-10-21-16-8-4-2-6-12(14)16/h1-8,10,13,17,20H,9,19H2. The van der Waals surface area contributed by atoms with Gasteiger partial charge in [0.25, 0.3) is 0 Å². The molecule has 3 rings (SSSR count). The Hall–Kier alpha value is -1.81. The predicted octanol–water partition coefficient (Wildman–Crippen LogP) is 3.86. The molecule has 3 nitrogen and oxygen atoms in total. The molecule has 0 spiro atoms. The van der Waals surface area contributed by atoms with Crippen LogP contribution in [0.25, 0.3) is 11.0 Å². The van der Waals surface area contributed by atoms with Gasteiger partial charge in [-0.25, -0.2) is 0 Å². The zero-order valence-corrected chi connectivity index (χ0v) is 12.1. The molecule has 0 aliphatic carbocycles. The van der Waals surface area contributed by atoms with Gasteiger partial charge in [-0.05, 0) is 17.7 Å². The van der Waals surface area contributed by atoms with Gasteiger partial charge in [0.2, 0.25) is 0 Å².